The van der Waals surface area contributed by atoms with E-state index in [1.54, 1.807) is 37.3 Å². The van der Waals surface area contributed by atoms with Crippen molar-refractivity contribution in [2.45, 2.75) is 45.4 Å². The first kappa shape index (κ1) is 20.6. The van der Waals surface area contributed by atoms with Crippen LogP contribution in [-0.2, 0) is 11.4 Å². The molecule has 1 fully saturated rings. The van der Waals surface area contributed by atoms with Gasteiger partial charge in [-0.3, -0.25) is 9.59 Å². The summed E-state index contributed by atoms with van der Waals surface area (Å²) in [6.07, 6.45) is 2.18. The Morgan fingerprint density at radius 2 is 2.03 bits per heavy atom. The second-order valence-electron chi connectivity index (χ2n) is 8.12. The van der Waals surface area contributed by atoms with Crippen molar-refractivity contribution in [3.63, 3.8) is 0 Å². The van der Waals surface area contributed by atoms with Gasteiger partial charge < -0.3 is 21.1 Å². The summed E-state index contributed by atoms with van der Waals surface area (Å²) < 4.78 is 0. The zero-order valence-corrected chi connectivity index (χ0v) is 17.7. The molecule has 0 radical (unpaired) electrons. The van der Waals surface area contributed by atoms with Gasteiger partial charge in [0.05, 0.1) is 23.4 Å². The molecule has 1 aliphatic heterocycles. The smallest absolute Gasteiger partial charge is 0.248 e. The summed E-state index contributed by atoms with van der Waals surface area (Å²) in [6.45, 7) is 3.43. The fraction of sp³-hybridized carbons (Fsp3) is 0.409. The van der Waals surface area contributed by atoms with Crippen molar-refractivity contribution in [2.75, 3.05) is 10.2 Å². The second kappa shape index (κ2) is 7.89. The quantitative estimate of drug-likeness (QED) is 0.677. The highest BCUT2D eigenvalue weighted by Gasteiger charge is 2.47. The number of rotatable bonds is 5. The molecule has 1 aromatic heterocycles. The van der Waals surface area contributed by atoms with Crippen molar-refractivity contribution < 1.29 is 14.7 Å². The molecule has 7 nitrogen and oxygen atoms in total. The maximum absolute atomic E-state index is 12.6. The van der Waals surface area contributed by atoms with E-state index in [0.717, 1.165) is 24.1 Å². The number of hydrogen-bond acceptors (Lipinski definition) is 5. The molecule has 0 unspecified atom stereocenters. The zero-order chi connectivity index (χ0) is 21.6. The Kier molecular flexibility index (Phi) is 5.42. The minimum atomic E-state index is -0.518. The van der Waals surface area contributed by atoms with Crippen LogP contribution in [0.1, 0.15) is 54.3 Å². The summed E-state index contributed by atoms with van der Waals surface area (Å²) in [5, 5.41) is 13.4. The van der Waals surface area contributed by atoms with Gasteiger partial charge in [0.25, 0.3) is 0 Å². The third kappa shape index (κ3) is 3.63. The number of halogens is 1. The molecule has 0 saturated heterocycles. The van der Waals surface area contributed by atoms with Crippen LogP contribution in [0.4, 0.5) is 11.5 Å². The molecule has 158 valence electrons. The number of nitrogens with zero attached hydrogens (tertiary/aromatic N) is 2. The Labute approximate surface area is 180 Å². The van der Waals surface area contributed by atoms with E-state index in [4.69, 9.17) is 17.3 Å². The van der Waals surface area contributed by atoms with Gasteiger partial charge in [0.1, 0.15) is 5.82 Å². The lowest BCUT2D eigenvalue weighted by Gasteiger charge is -2.46. The molecule has 8 heteroatoms. The lowest BCUT2D eigenvalue weighted by Crippen LogP contribution is -2.51. The highest BCUT2D eigenvalue weighted by atomic mass is 35.5. The monoisotopic (exact) mass is 428 g/mol. The highest BCUT2D eigenvalue weighted by Crippen LogP contribution is 2.50. The summed E-state index contributed by atoms with van der Waals surface area (Å²) in [5.41, 5.74) is 7.91. The molecule has 0 bridgehead atoms. The van der Waals surface area contributed by atoms with Gasteiger partial charge in [-0.15, -0.1) is 0 Å². The molecule has 1 aliphatic carbocycles. The molecule has 2 aromatic rings. The molecule has 2 aliphatic rings. The van der Waals surface area contributed by atoms with Crippen molar-refractivity contribution in [1.29, 1.82) is 0 Å². The van der Waals surface area contributed by atoms with Crippen LogP contribution in [0.2, 0.25) is 5.02 Å². The average molecular weight is 429 g/mol. The number of nitrogens with one attached hydrogen (secondary N) is 1. The number of carbonyl (C=O) groups excluding carboxylic acids is 2. The second-order valence-corrected chi connectivity index (χ2v) is 8.53. The Bertz CT molecular complexity index is 1010. The lowest BCUT2D eigenvalue weighted by molar-refractivity contribution is -0.117. The average Bonchev–Trinajstić information content (AvgIpc) is 3.55. The minimum Gasteiger partial charge on any atom is -0.390 e. The van der Waals surface area contributed by atoms with Crippen molar-refractivity contribution in [3.05, 3.63) is 52.2 Å². The van der Waals surface area contributed by atoms with Crippen LogP contribution in [0.3, 0.4) is 0 Å². The van der Waals surface area contributed by atoms with E-state index in [1.165, 1.54) is 0 Å². The van der Waals surface area contributed by atoms with Gasteiger partial charge in [-0.1, -0.05) is 18.5 Å². The number of anilines is 2. The number of amides is 2. The fourth-order valence-electron chi connectivity index (χ4n) is 4.55. The molecular formula is C22H25ClN4O3. The van der Waals surface area contributed by atoms with Gasteiger partial charge in [-0.2, -0.15) is 0 Å². The number of fused-ring (bicyclic) bond motifs is 1. The van der Waals surface area contributed by atoms with Crippen LogP contribution in [0.5, 0.6) is 0 Å². The van der Waals surface area contributed by atoms with Crippen molar-refractivity contribution in [3.8, 4) is 0 Å². The summed E-state index contributed by atoms with van der Waals surface area (Å²) in [7, 11) is 0. The van der Waals surface area contributed by atoms with Crippen LogP contribution in [0.25, 0.3) is 0 Å². The van der Waals surface area contributed by atoms with E-state index in [9.17, 15) is 14.7 Å². The first-order valence-electron chi connectivity index (χ1n) is 10.1. The molecule has 1 saturated carbocycles. The number of hydrogen-bond donors (Lipinski definition) is 3. The number of carbonyl (C=O) groups is 2. The number of nitrogens with two attached hydrogens (primary N) is 1. The van der Waals surface area contributed by atoms with Gasteiger partial charge in [-0.25, -0.2) is 4.98 Å². The Morgan fingerprint density at radius 1 is 1.30 bits per heavy atom. The molecule has 4 rings (SSSR count). The van der Waals surface area contributed by atoms with Crippen molar-refractivity contribution in [1.82, 2.24) is 4.98 Å². The highest BCUT2D eigenvalue weighted by molar-refractivity contribution is 6.31. The minimum absolute atomic E-state index is 0.0162. The third-order valence-corrected chi connectivity index (χ3v) is 6.43. The maximum atomic E-state index is 12.6. The topological polar surface area (TPSA) is 109 Å². The predicted molar refractivity (Wildman–Crippen MR) is 115 cm³/mol. The van der Waals surface area contributed by atoms with E-state index in [2.05, 4.69) is 17.2 Å². The number of aromatic nitrogens is 1. The SMILES string of the molecule is CC(=O)N1c2ccc(C(N)=O)cc2[C@H](Nc2ccc(Cl)c(CO)n2)[C@@H](C)[C@@H]1C1CC1. The number of primary amides is 1. The number of pyridine rings is 1. The van der Waals surface area contributed by atoms with Crippen LogP contribution < -0.4 is 16.0 Å². The Morgan fingerprint density at radius 3 is 2.63 bits per heavy atom. The van der Waals surface area contributed by atoms with Crippen LogP contribution in [0, 0.1) is 11.8 Å². The van der Waals surface area contributed by atoms with E-state index >= 15 is 0 Å². The van der Waals surface area contributed by atoms with Crippen LogP contribution in [-0.4, -0.2) is 27.9 Å². The normalized spacial score (nSPS) is 23.1. The van der Waals surface area contributed by atoms with E-state index in [0.29, 0.717) is 28.0 Å². The number of aliphatic hydroxyl groups is 1. The first-order chi connectivity index (χ1) is 14.3. The molecule has 0 spiro atoms. The van der Waals surface area contributed by atoms with Crippen molar-refractivity contribution in [2.24, 2.45) is 17.6 Å². The standard InChI is InChI=1S/C22H25ClN4O3/c1-11-20(26-19-8-6-16(23)17(10-28)25-19)15-9-14(22(24)30)5-7-18(15)27(12(2)29)21(11)13-3-4-13/h5-9,11,13,20-21,28H,3-4,10H2,1-2H3,(H2,24,30)(H,25,26)/t11-,20-,21-/m1/s1. The maximum Gasteiger partial charge on any atom is 0.248 e. The fourth-order valence-corrected chi connectivity index (χ4v) is 4.72. The third-order valence-electron chi connectivity index (χ3n) is 6.09. The molecule has 30 heavy (non-hydrogen) atoms. The van der Waals surface area contributed by atoms with E-state index in [1.807, 2.05) is 4.90 Å². The Hall–Kier alpha value is -2.64. The van der Waals surface area contributed by atoms with Gasteiger partial charge in [0, 0.05) is 30.1 Å². The predicted octanol–water partition coefficient (Wildman–Crippen LogP) is 3.26. The lowest BCUT2D eigenvalue weighted by atomic mass is 9.79. The molecule has 2 amide bonds. The Balaban J connectivity index is 1.82. The molecular weight excluding hydrogens is 404 g/mol. The van der Waals surface area contributed by atoms with E-state index < -0.39 is 5.91 Å². The summed E-state index contributed by atoms with van der Waals surface area (Å²) in [6, 6.07) is 8.54. The zero-order valence-electron chi connectivity index (χ0n) is 16.9. The van der Waals surface area contributed by atoms with Crippen LogP contribution >= 0.6 is 11.6 Å². The molecule has 2 heterocycles. The van der Waals surface area contributed by atoms with E-state index in [-0.39, 0.29) is 30.5 Å². The number of aliphatic hydroxyl groups excluding tert-OH is 1. The van der Waals surface area contributed by atoms with Crippen molar-refractivity contribution >= 4 is 34.9 Å². The summed E-state index contributed by atoms with van der Waals surface area (Å²) in [5.74, 6) is 0.546. The summed E-state index contributed by atoms with van der Waals surface area (Å²) in [4.78, 5) is 30.7. The van der Waals surface area contributed by atoms with Gasteiger partial charge in [-0.05, 0) is 54.7 Å². The van der Waals surface area contributed by atoms with Gasteiger partial charge >= 0.3 is 0 Å². The molecule has 3 atom stereocenters. The molecule has 1 aromatic carbocycles. The largest absolute Gasteiger partial charge is 0.390 e. The summed E-state index contributed by atoms with van der Waals surface area (Å²) >= 11 is 6.09. The van der Waals surface area contributed by atoms with Gasteiger partial charge in [0.2, 0.25) is 11.8 Å². The first-order valence-corrected chi connectivity index (χ1v) is 10.5. The van der Waals surface area contributed by atoms with Crippen LogP contribution in [0.15, 0.2) is 30.3 Å². The number of benzene rings is 1. The van der Waals surface area contributed by atoms with Gasteiger partial charge in [0.15, 0.2) is 0 Å². The molecule has 4 N–H and O–H groups in total.